The van der Waals surface area contributed by atoms with Gasteiger partial charge < -0.3 is 0 Å². The van der Waals surface area contributed by atoms with Crippen LogP contribution in [0.25, 0.3) is 12.2 Å². The average molecular weight is 359 g/mol. The Hall–Kier alpha value is -1.82. The Labute approximate surface area is 165 Å². The van der Waals surface area contributed by atoms with Crippen LogP contribution in [0.4, 0.5) is 0 Å². The molecule has 3 unspecified atom stereocenters. The average Bonchev–Trinajstić information content (AvgIpc) is 3.35. The second-order valence-corrected chi connectivity index (χ2v) is 8.59. The van der Waals surface area contributed by atoms with Crippen molar-refractivity contribution >= 4 is 12.2 Å². The fourth-order valence-electron chi connectivity index (χ4n) is 5.81. The van der Waals surface area contributed by atoms with Crippen molar-refractivity contribution in [2.75, 3.05) is 0 Å². The Morgan fingerprint density at radius 1 is 0.778 bits per heavy atom. The smallest absolute Gasteiger partial charge is 0.0122 e. The Balaban J connectivity index is 1.74. The molecule has 0 amide bonds. The summed E-state index contributed by atoms with van der Waals surface area (Å²) in [5.74, 6) is 2.73. The molecule has 2 aliphatic rings. The highest BCUT2D eigenvalue weighted by Gasteiger charge is 2.41. The van der Waals surface area contributed by atoms with Crippen LogP contribution in [-0.4, -0.2) is 0 Å². The third kappa shape index (κ3) is 3.51. The van der Waals surface area contributed by atoms with Crippen LogP contribution in [0.5, 0.6) is 0 Å². The van der Waals surface area contributed by atoms with Gasteiger partial charge in [-0.3, -0.25) is 0 Å². The predicted molar refractivity (Wildman–Crippen MR) is 118 cm³/mol. The van der Waals surface area contributed by atoms with Gasteiger partial charge in [-0.1, -0.05) is 75.7 Å². The van der Waals surface area contributed by atoms with E-state index in [0.29, 0.717) is 0 Å². The Morgan fingerprint density at radius 2 is 1.44 bits per heavy atom. The summed E-state index contributed by atoms with van der Waals surface area (Å²) in [6.45, 7) is 6.86. The second-order valence-electron chi connectivity index (χ2n) is 8.59. The zero-order valence-electron chi connectivity index (χ0n) is 17.3. The van der Waals surface area contributed by atoms with E-state index in [-0.39, 0.29) is 0 Å². The highest BCUT2D eigenvalue weighted by molar-refractivity contribution is 5.75. The van der Waals surface area contributed by atoms with Crippen LogP contribution in [0.1, 0.15) is 85.8 Å². The van der Waals surface area contributed by atoms with Crippen molar-refractivity contribution in [1.82, 2.24) is 0 Å². The van der Waals surface area contributed by atoms with Gasteiger partial charge in [0.25, 0.3) is 0 Å². The second kappa shape index (κ2) is 8.05. The molecule has 2 aromatic carbocycles. The minimum atomic E-state index is 0.798. The lowest BCUT2D eigenvalue weighted by Gasteiger charge is -2.26. The van der Waals surface area contributed by atoms with Crippen molar-refractivity contribution < 1.29 is 0 Å². The molecule has 3 atom stereocenters. The van der Waals surface area contributed by atoms with E-state index in [1.807, 2.05) is 0 Å². The molecule has 0 heterocycles. The first-order valence-corrected chi connectivity index (χ1v) is 11.2. The topological polar surface area (TPSA) is 0 Å². The lowest BCUT2D eigenvalue weighted by molar-refractivity contribution is 0.418. The fraction of sp³-hybridized carbons (Fsp3) is 0.481. The molecule has 0 aromatic heterocycles. The van der Waals surface area contributed by atoms with Gasteiger partial charge in [-0.25, -0.2) is 0 Å². The van der Waals surface area contributed by atoms with Gasteiger partial charge in [0, 0.05) is 0 Å². The molecule has 0 nitrogen and oxygen atoms in total. The SMILES string of the molecule is CCc1cccc(CC)c1/C=C/c1cccc(CC)c1C1CC2CCC1C2. The normalized spacial score (nSPS) is 24.2. The molecule has 0 radical (unpaired) electrons. The maximum atomic E-state index is 2.42. The van der Waals surface area contributed by atoms with E-state index >= 15 is 0 Å². The van der Waals surface area contributed by atoms with Gasteiger partial charge >= 0.3 is 0 Å². The number of fused-ring (bicyclic) bond motifs is 2. The van der Waals surface area contributed by atoms with Crippen LogP contribution in [0, 0.1) is 11.8 Å². The van der Waals surface area contributed by atoms with Gasteiger partial charge in [0.2, 0.25) is 0 Å². The molecule has 0 N–H and O–H groups in total. The molecule has 4 rings (SSSR count). The third-order valence-electron chi connectivity index (χ3n) is 7.20. The van der Waals surface area contributed by atoms with Crippen LogP contribution in [0.3, 0.4) is 0 Å². The maximum absolute atomic E-state index is 2.42. The molecule has 142 valence electrons. The Bertz CT molecular complexity index is 804. The van der Waals surface area contributed by atoms with Crippen LogP contribution in [-0.2, 0) is 19.3 Å². The first kappa shape index (κ1) is 18.5. The third-order valence-corrected chi connectivity index (χ3v) is 7.20. The van der Waals surface area contributed by atoms with E-state index in [1.165, 1.54) is 47.9 Å². The highest BCUT2D eigenvalue weighted by Crippen LogP contribution is 2.54. The zero-order chi connectivity index (χ0) is 18.8. The van der Waals surface area contributed by atoms with Crippen molar-refractivity contribution in [3.05, 3.63) is 69.8 Å². The first-order chi connectivity index (χ1) is 13.2. The summed E-state index contributed by atoms with van der Waals surface area (Å²) in [6.07, 6.45) is 14.0. The number of hydrogen-bond donors (Lipinski definition) is 0. The zero-order valence-corrected chi connectivity index (χ0v) is 17.3. The summed E-state index contributed by atoms with van der Waals surface area (Å²) >= 11 is 0. The molecule has 2 fully saturated rings. The van der Waals surface area contributed by atoms with E-state index in [9.17, 15) is 0 Å². The summed E-state index contributed by atoms with van der Waals surface area (Å²) in [6, 6.07) is 13.8. The molecule has 27 heavy (non-hydrogen) atoms. The van der Waals surface area contributed by atoms with Crippen molar-refractivity contribution in [3.8, 4) is 0 Å². The van der Waals surface area contributed by atoms with Crippen LogP contribution in [0.2, 0.25) is 0 Å². The summed E-state index contributed by atoms with van der Waals surface area (Å²) in [4.78, 5) is 0. The van der Waals surface area contributed by atoms with Gasteiger partial charge in [0.05, 0.1) is 0 Å². The number of aryl methyl sites for hydroxylation is 3. The fourth-order valence-corrected chi connectivity index (χ4v) is 5.81. The van der Waals surface area contributed by atoms with Gasteiger partial charge in [0.1, 0.15) is 0 Å². The quantitative estimate of drug-likeness (QED) is 0.470. The number of hydrogen-bond acceptors (Lipinski definition) is 0. The van der Waals surface area contributed by atoms with Gasteiger partial charge in [-0.2, -0.15) is 0 Å². The van der Waals surface area contributed by atoms with E-state index in [0.717, 1.165) is 37.0 Å². The molecular formula is C27H34. The molecule has 0 saturated heterocycles. The van der Waals surface area contributed by atoms with Crippen molar-refractivity contribution in [2.24, 2.45) is 11.8 Å². The summed E-state index contributed by atoms with van der Waals surface area (Å²) in [7, 11) is 0. The van der Waals surface area contributed by atoms with Gasteiger partial charge in [0.15, 0.2) is 0 Å². The molecule has 0 aliphatic heterocycles. The summed E-state index contributed by atoms with van der Waals surface area (Å²) < 4.78 is 0. The van der Waals surface area contributed by atoms with Crippen LogP contribution in [0.15, 0.2) is 36.4 Å². The summed E-state index contributed by atoms with van der Waals surface area (Å²) in [5, 5.41) is 0. The maximum Gasteiger partial charge on any atom is -0.0122 e. The van der Waals surface area contributed by atoms with Crippen LogP contribution < -0.4 is 0 Å². The number of rotatable bonds is 6. The highest BCUT2D eigenvalue weighted by atomic mass is 14.5. The molecule has 0 spiro atoms. The van der Waals surface area contributed by atoms with Crippen molar-refractivity contribution in [3.63, 3.8) is 0 Å². The molecule has 2 aliphatic carbocycles. The standard InChI is InChI=1S/C27H34/c1-4-20-9-7-10-21(5-2)25(20)16-15-23-12-8-11-22(6-3)27(23)26-18-19-13-14-24(26)17-19/h7-12,15-16,19,24,26H,4-6,13-14,17-18H2,1-3H3/b16-15+. The first-order valence-electron chi connectivity index (χ1n) is 11.2. The predicted octanol–water partition coefficient (Wildman–Crippen LogP) is 7.45. The van der Waals surface area contributed by atoms with Crippen molar-refractivity contribution in [1.29, 1.82) is 0 Å². The molecule has 2 aromatic rings. The lowest BCUT2D eigenvalue weighted by atomic mass is 9.78. The molecule has 0 heteroatoms. The molecule has 2 saturated carbocycles. The largest absolute Gasteiger partial charge is 0.0617 e. The van der Waals surface area contributed by atoms with Gasteiger partial charge in [-0.05, 0) is 89.7 Å². The van der Waals surface area contributed by atoms with E-state index in [1.54, 1.807) is 11.1 Å². The molecule has 2 bridgehead atoms. The van der Waals surface area contributed by atoms with Crippen molar-refractivity contribution in [2.45, 2.75) is 71.6 Å². The number of benzene rings is 2. The summed E-state index contributed by atoms with van der Waals surface area (Å²) in [5.41, 5.74) is 9.12. The van der Waals surface area contributed by atoms with E-state index in [2.05, 4.69) is 69.3 Å². The van der Waals surface area contributed by atoms with Gasteiger partial charge in [-0.15, -0.1) is 0 Å². The van der Waals surface area contributed by atoms with E-state index < -0.39 is 0 Å². The van der Waals surface area contributed by atoms with Crippen LogP contribution >= 0.6 is 0 Å². The minimum absolute atomic E-state index is 0.798. The Morgan fingerprint density at radius 3 is 2.04 bits per heavy atom. The van der Waals surface area contributed by atoms with E-state index in [4.69, 9.17) is 0 Å². The monoisotopic (exact) mass is 358 g/mol. The molecular weight excluding hydrogens is 324 g/mol. The minimum Gasteiger partial charge on any atom is -0.0617 e. The lowest BCUT2D eigenvalue weighted by Crippen LogP contribution is -2.12. The Kier molecular flexibility index (Phi) is 5.53.